The first-order valence-electron chi connectivity index (χ1n) is 5.26. The molecule has 6 nitrogen and oxygen atoms in total. The Morgan fingerprint density at radius 3 is 2.38 bits per heavy atom. The summed E-state index contributed by atoms with van der Waals surface area (Å²) in [6.07, 6.45) is 0.464. The molecule has 0 aromatic carbocycles. The molecule has 0 spiro atoms. The molecule has 0 aliphatic carbocycles. The zero-order valence-electron chi connectivity index (χ0n) is 9.56. The molecule has 3 amide bonds. The number of amides is 3. The lowest BCUT2D eigenvalue weighted by Crippen LogP contribution is -2.48. The highest BCUT2D eigenvalue weighted by Gasteiger charge is 2.44. The van der Waals surface area contributed by atoms with Gasteiger partial charge in [-0.05, 0) is 12.3 Å². The molecule has 1 rings (SSSR count). The van der Waals surface area contributed by atoms with Gasteiger partial charge in [0.1, 0.15) is 12.1 Å². The Kier molecular flexibility index (Phi) is 3.51. The molecule has 1 aliphatic rings. The third kappa shape index (κ3) is 2.00. The predicted molar refractivity (Wildman–Crippen MR) is 55.7 cm³/mol. The molecule has 2 N–H and O–H groups in total. The normalized spacial score (nSPS) is 22.5. The first kappa shape index (κ1) is 12.5. The molecule has 1 aliphatic heterocycles. The van der Waals surface area contributed by atoms with Crippen LogP contribution in [0.15, 0.2) is 0 Å². The van der Waals surface area contributed by atoms with Crippen LogP contribution < -0.4 is 5.32 Å². The van der Waals surface area contributed by atoms with Gasteiger partial charge in [-0.3, -0.25) is 4.79 Å². The van der Waals surface area contributed by atoms with Crippen molar-refractivity contribution < 1.29 is 19.5 Å². The van der Waals surface area contributed by atoms with E-state index >= 15 is 0 Å². The Balaban J connectivity index is 2.98. The average Bonchev–Trinajstić information content (AvgIpc) is 2.44. The molecule has 0 bridgehead atoms. The van der Waals surface area contributed by atoms with Crippen molar-refractivity contribution in [2.45, 2.75) is 39.3 Å². The molecule has 1 fully saturated rings. The van der Waals surface area contributed by atoms with Gasteiger partial charge in [0.2, 0.25) is 0 Å². The smallest absolute Gasteiger partial charge is 0.327 e. The Morgan fingerprint density at radius 1 is 1.50 bits per heavy atom. The van der Waals surface area contributed by atoms with Crippen molar-refractivity contribution in [3.63, 3.8) is 0 Å². The van der Waals surface area contributed by atoms with E-state index in [9.17, 15) is 14.4 Å². The molecule has 1 heterocycles. The topological polar surface area (TPSA) is 86.7 Å². The van der Waals surface area contributed by atoms with Gasteiger partial charge in [0, 0.05) is 0 Å². The monoisotopic (exact) mass is 228 g/mol. The second-order valence-electron chi connectivity index (χ2n) is 4.15. The number of hydrogen-bond donors (Lipinski definition) is 2. The number of carboxylic acids is 1. The van der Waals surface area contributed by atoms with E-state index in [-0.39, 0.29) is 5.92 Å². The maximum atomic E-state index is 11.8. The minimum atomic E-state index is -1.16. The van der Waals surface area contributed by atoms with Crippen LogP contribution >= 0.6 is 0 Å². The van der Waals surface area contributed by atoms with Crippen LogP contribution in [0.25, 0.3) is 0 Å². The summed E-state index contributed by atoms with van der Waals surface area (Å²) in [6, 6.07) is -2.30. The van der Waals surface area contributed by atoms with E-state index in [2.05, 4.69) is 5.32 Å². The van der Waals surface area contributed by atoms with Crippen molar-refractivity contribution in [2.75, 3.05) is 0 Å². The number of carbonyl (C=O) groups is 3. The lowest BCUT2D eigenvalue weighted by atomic mass is 10.0. The second-order valence-corrected chi connectivity index (χ2v) is 4.15. The lowest BCUT2D eigenvalue weighted by Gasteiger charge is -2.24. The highest BCUT2D eigenvalue weighted by Crippen LogP contribution is 2.18. The Bertz CT molecular complexity index is 327. The summed E-state index contributed by atoms with van der Waals surface area (Å²) in [7, 11) is 0. The van der Waals surface area contributed by atoms with Crippen molar-refractivity contribution in [3.8, 4) is 0 Å². The molecule has 2 atom stereocenters. The highest BCUT2D eigenvalue weighted by atomic mass is 16.4. The number of hydrogen-bond acceptors (Lipinski definition) is 3. The van der Waals surface area contributed by atoms with Gasteiger partial charge < -0.3 is 10.4 Å². The SMILES string of the molecule is CCC1NC(=O)N(C(C(=O)O)C(C)C)C1=O. The van der Waals surface area contributed by atoms with Gasteiger partial charge >= 0.3 is 12.0 Å². The number of carbonyl (C=O) groups excluding carboxylic acids is 2. The van der Waals surface area contributed by atoms with Crippen molar-refractivity contribution >= 4 is 17.9 Å². The summed E-state index contributed by atoms with van der Waals surface area (Å²) < 4.78 is 0. The molecule has 0 aromatic heterocycles. The molecule has 6 heteroatoms. The van der Waals surface area contributed by atoms with Crippen molar-refractivity contribution in [1.29, 1.82) is 0 Å². The zero-order chi connectivity index (χ0) is 12.5. The van der Waals surface area contributed by atoms with Crippen molar-refractivity contribution in [3.05, 3.63) is 0 Å². The van der Waals surface area contributed by atoms with Gasteiger partial charge in [0.25, 0.3) is 5.91 Å². The fourth-order valence-corrected chi connectivity index (χ4v) is 1.78. The van der Waals surface area contributed by atoms with E-state index in [0.717, 1.165) is 4.90 Å². The van der Waals surface area contributed by atoms with Gasteiger partial charge in [-0.1, -0.05) is 20.8 Å². The summed E-state index contributed by atoms with van der Waals surface area (Å²) in [5.41, 5.74) is 0. The number of imide groups is 1. The van der Waals surface area contributed by atoms with Crippen LogP contribution in [0.3, 0.4) is 0 Å². The number of rotatable bonds is 4. The van der Waals surface area contributed by atoms with Gasteiger partial charge in [-0.25, -0.2) is 14.5 Å². The molecule has 2 unspecified atom stereocenters. The van der Waals surface area contributed by atoms with Crippen LogP contribution in [0.2, 0.25) is 0 Å². The minimum absolute atomic E-state index is 0.317. The number of urea groups is 1. The minimum Gasteiger partial charge on any atom is -0.480 e. The number of carboxylic acid groups (broad SMARTS) is 1. The first-order chi connectivity index (χ1) is 7.40. The quantitative estimate of drug-likeness (QED) is 0.683. The van der Waals surface area contributed by atoms with E-state index in [1.807, 2.05) is 0 Å². The van der Waals surface area contributed by atoms with Crippen LogP contribution in [0, 0.1) is 5.92 Å². The number of nitrogens with one attached hydrogen (secondary N) is 1. The Morgan fingerprint density at radius 2 is 2.06 bits per heavy atom. The fourth-order valence-electron chi connectivity index (χ4n) is 1.78. The molecule has 16 heavy (non-hydrogen) atoms. The van der Waals surface area contributed by atoms with Crippen LogP contribution in [0.5, 0.6) is 0 Å². The van der Waals surface area contributed by atoms with Crippen LogP contribution in [-0.4, -0.2) is 40.0 Å². The van der Waals surface area contributed by atoms with Gasteiger partial charge in [-0.15, -0.1) is 0 Å². The number of aliphatic carboxylic acids is 1. The largest absolute Gasteiger partial charge is 0.480 e. The van der Waals surface area contributed by atoms with Crippen LogP contribution in [0.4, 0.5) is 4.79 Å². The van der Waals surface area contributed by atoms with Crippen LogP contribution in [0.1, 0.15) is 27.2 Å². The van der Waals surface area contributed by atoms with Gasteiger partial charge in [0.15, 0.2) is 0 Å². The number of nitrogens with zero attached hydrogens (tertiary/aromatic N) is 1. The summed E-state index contributed by atoms with van der Waals surface area (Å²) >= 11 is 0. The van der Waals surface area contributed by atoms with E-state index < -0.39 is 30.0 Å². The summed E-state index contributed by atoms with van der Waals surface area (Å²) in [5.74, 6) is -1.92. The molecule has 1 saturated heterocycles. The Labute approximate surface area is 93.6 Å². The summed E-state index contributed by atoms with van der Waals surface area (Å²) in [4.78, 5) is 35.2. The lowest BCUT2D eigenvalue weighted by molar-refractivity contribution is -0.148. The maximum Gasteiger partial charge on any atom is 0.327 e. The summed E-state index contributed by atoms with van der Waals surface area (Å²) in [6.45, 7) is 5.09. The van der Waals surface area contributed by atoms with E-state index in [1.165, 1.54) is 0 Å². The third-order valence-electron chi connectivity index (χ3n) is 2.62. The maximum absolute atomic E-state index is 11.8. The molecule has 0 saturated carbocycles. The van der Waals surface area contributed by atoms with Crippen molar-refractivity contribution in [2.24, 2.45) is 5.92 Å². The second kappa shape index (κ2) is 4.51. The molecule has 0 radical (unpaired) electrons. The first-order valence-corrected chi connectivity index (χ1v) is 5.26. The van der Waals surface area contributed by atoms with Gasteiger partial charge in [0.05, 0.1) is 0 Å². The fraction of sp³-hybridized carbons (Fsp3) is 0.700. The van der Waals surface area contributed by atoms with E-state index in [1.54, 1.807) is 20.8 Å². The Hall–Kier alpha value is -1.59. The predicted octanol–water partition coefficient (Wildman–Crippen LogP) is 0.426. The van der Waals surface area contributed by atoms with E-state index in [4.69, 9.17) is 5.11 Å². The van der Waals surface area contributed by atoms with Crippen LogP contribution in [-0.2, 0) is 9.59 Å². The average molecular weight is 228 g/mol. The van der Waals surface area contributed by atoms with Crippen molar-refractivity contribution in [1.82, 2.24) is 10.2 Å². The van der Waals surface area contributed by atoms with Gasteiger partial charge in [-0.2, -0.15) is 0 Å². The third-order valence-corrected chi connectivity index (χ3v) is 2.62. The molecular weight excluding hydrogens is 212 g/mol. The summed E-state index contributed by atoms with van der Waals surface area (Å²) in [5, 5.41) is 11.5. The molecular formula is C10H16N2O4. The standard InChI is InChI=1S/C10H16N2O4/c1-4-6-8(13)12(10(16)11-6)7(5(2)3)9(14)15/h5-7H,4H2,1-3H3,(H,11,16)(H,14,15). The molecule has 90 valence electrons. The van der Waals surface area contributed by atoms with E-state index in [0.29, 0.717) is 6.42 Å². The zero-order valence-corrected chi connectivity index (χ0v) is 9.56. The highest BCUT2D eigenvalue weighted by molar-refractivity contribution is 6.06. The molecule has 0 aromatic rings.